The summed E-state index contributed by atoms with van der Waals surface area (Å²) in [7, 11) is 5.59. The number of nitrogens with zero attached hydrogens (tertiary/aromatic N) is 2. The van der Waals surface area contributed by atoms with Crippen LogP contribution in [-0.4, -0.2) is 77.7 Å². The van der Waals surface area contributed by atoms with Gasteiger partial charge in [-0.15, -0.1) is 0 Å². The standard InChI is InChI=1S/C41H53N3O4/c1-23-9-11-32(29-10-12-35(48-8)31(19-29)22-44-16-13-28(14-17-44)15-18-45)33-20-30-21-34-39(43(6)7)40(46)38(27(5)42)26(4)41(34,47)25(3)37(30)24(2)36(23)33/h9-12,19,28,30,34,39,45-47H,2,4-5,13-18,20-22,42H2,1,3,6-8H3/t30-,34-,39-,41-/m0/s1. The molecule has 1 heterocycles. The van der Waals surface area contributed by atoms with Crippen molar-refractivity contribution in [2.45, 2.75) is 64.1 Å². The normalized spacial score (nSPS) is 26.5. The van der Waals surface area contributed by atoms with E-state index in [-0.39, 0.29) is 29.9 Å². The van der Waals surface area contributed by atoms with Gasteiger partial charge in [-0.3, -0.25) is 9.80 Å². The van der Waals surface area contributed by atoms with Gasteiger partial charge in [-0.05, 0) is 147 Å². The van der Waals surface area contributed by atoms with E-state index in [4.69, 9.17) is 10.5 Å². The number of fused-ring (bicyclic) bond motifs is 3. The third-order valence-electron chi connectivity index (χ3n) is 11.8. The first-order chi connectivity index (χ1) is 22.8. The van der Waals surface area contributed by atoms with Crippen LogP contribution in [-0.2, 0) is 13.0 Å². The second-order valence-electron chi connectivity index (χ2n) is 14.7. The maximum atomic E-state index is 12.7. The van der Waals surface area contributed by atoms with Gasteiger partial charge in [-0.1, -0.05) is 37.9 Å². The first kappa shape index (κ1) is 34.3. The minimum Gasteiger partial charge on any atom is -0.510 e. The van der Waals surface area contributed by atoms with Crippen LogP contribution < -0.4 is 10.5 Å². The molecule has 2 aromatic rings. The molecule has 0 amide bonds. The highest BCUT2D eigenvalue weighted by molar-refractivity contribution is 5.89. The van der Waals surface area contributed by atoms with E-state index < -0.39 is 11.6 Å². The number of aliphatic hydroxyl groups is 3. The van der Waals surface area contributed by atoms with E-state index in [1.165, 1.54) is 16.7 Å². The third kappa shape index (κ3) is 5.45. The molecule has 1 saturated heterocycles. The van der Waals surface area contributed by atoms with Crippen LogP contribution in [0.1, 0.15) is 54.9 Å². The van der Waals surface area contributed by atoms with Crippen LogP contribution in [0, 0.1) is 24.7 Å². The summed E-state index contributed by atoms with van der Waals surface area (Å²) in [6.07, 6.45) is 4.58. The van der Waals surface area contributed by atoms with Crippen molar-refractivity contribution < 1.29 is 20.1 Å². The summed E-state index contributed by atoms with van der Waals surface area (Å²) in [5.41, 5.74) is 15.8. The van der Waals surface area contributed by atoms with E-state index in [0.29, 0.717) is 23.5 Å². The number of benzene rings is 2. The molecule has 4 atom stereocenters. The summed E-state index contributed by atoms with van der Waals surface area (Å²) in [5.74, 6) is 1.41. The molecule has 4 aliphatic rings. The lowest BCUT2D eigenvalue weighted by atomic mass is 9.55. The number of hydrogen-bond donors (Lipinski definition) is 4. The zero-order chi connectivity index (χ0) is 34.7. The van der Waals surface area contributed by atoms with Crippen molar-refractivity contribution in [3.63, 3.8) is 0 Å². The Morgan fingerprint density at radius 2 is 1.83 bits per heavy atom. The molecule has 2 aromatic carbocycles. The zero-order valence-electron chi connectivity index (χ0n) is 29.4. The smallest absolute Gasteiger partial charge is 0.123 e. The number of piperidine rings is 1. The first-order valence-electron chi connectivity index (χ1n) is 17.3. The molecule has 0 aromatic heterocycles. The van der Waals surface area contributed by atoms with Gasteiger partial charge in [0.1, 0.15) is 17.1 Å². The fourth-order valence-corrected chi connectivity index (χ4v) is 9.47. The van der Waals surface area contributed by atoms with Gasteiger partial charge in [0.05, 0.1) is 13.2 Å². The van der Waals surface area contributed by atoms with E-state index >= 15 is 0 Å². The number of ether oxygens (including phenoxy) is 1. The van der Waals surface area contributed by atoms with Crippen molar-refractivity contribution in [2.24, 2.45) is 23.5 Å². The number of nitrogens with two attached hydrogens (primary N) is 1. The van der Waals surface area contributed by atoms with E-state index in [9.17, 15) is 15.3 Å². The second-order valence-corrected chi connectivity index (χ2v) is 14.7. The Labute approximate surface area is 286 Å². The average Bonchev–Trinajstić information content (AvgIpc) is 3.03. The van der Waals surface area contributed by atoms with Gasteiger partial charge in [0.2, 0.25) is 0 Å². The van der Waals surface area contributed by atoms with Crippen molar-refractivity contribution in [2.75, 3.05) is 40.9 Å². The van der Waals surface area contributed by atoms with Crippen LogP contribution >= 0.6 is 0 Å². The van der Waals surface area contributed by atoms with Gasteiger partial charge >= 0.3 is 0 Å². The number of rotatable bonds is 8. The quantitative estimate of drug-likeness (QED) is 0.266. The van der Waals surface area contributed by atoms with Crippen molar-refractivity contribution in [1.29, 1.82) is 0 Å². The maximum absolute atomic E-state index is 12.7. The average molecular weight is 652 g/mol. The Kier molecular flexibility index (Phi) is 9.28. The lowest BCUT2D eigenvalue weighted by Crippen LogP contribution is -2.58. The number of likely N-dealkylation sites (N-methyl/N-ethyl adjacent to an activating group) is 1. The van der Waals surface area contributed by atoms with E-state index in [0.717, 1.165) is 84.5 Å². The molecule has 0 bridgehead atoms. The molecule has 0 spiro atoms. The Morgan fingerprint density at radius 1 is 1.12 bits per heavy atom. The van der Waals surface area contributed by atoms with Crippen molar-refractivity contribution >= 4 is 5.57 Å². The Bertz CT molecular complexity index is 1730. The van der Waals surface area contributed by atoms with Gasteiger partial charge in [0.15, 0.2) is 0 Å². The van der Waals surface area contributed by atoms with Gasteiger partial charge in [-0.25, -0.2) is 0 Å². The summed E-state index contributed by atoms with van der Waals surface area (Å²) in [5, 5.41) is 33.6. The molecule has 1 aliphatic heterocycles. The summed E-state index contributed by atoms with van der Waals surface area (Å²) < 4.78 is 5.85. The van der Waals surface area contributed by atoms with Crippen molar-refractivity contribution in [3.05, 3.63) is 106 Å². The molecule has 0 unspecified atom stereocenters. The summed E-state index contributed by atoms with van der Waals surface area (Å²) in [6, 6.07) is 10.5. The Hall–Kier alpha value is -3.62. The monoisotopic (exact) mass is 651 g/mol. The van der Waals surface area contributed by atoms with Gasteiger partial charge in [0, 0.05) is 35.9 Å². The lowest BCUT2D eigenvalue weighted by Gasteiger charge is -2.54. The van der Waals surface area contributed by atoms with Crippen LogP contribution in [0.2, 0.25) is 0 Å². The van der Waals surface area contributed by atoms with Crippen LogP contribution in [0.5, 0.6) is 5.75 Å². The molecule has 0 radical (unpaired) electrons. The SMILES string of the molecule is C=C(N)C1=C(O)[C@@H](N(C)C)[C@@H]2C[C@@H]3Cc4c(-c5ccc(OC)c(CN6CCC(CCO)CC6)c5)ccc(C)c4C(=C)C3=C(C)[C@]2(O)C1=C. The summed E-state index contributed by atoms with van der Waals surface area (Å²) >= 11 is 0. The fraction of sp³-hybridized carbons (Fsp3) is 0.463. The highest BCUT2D eigenvalue weighted by Gasteiger charge is 2.57. The molecule has 7 nitrogen and oxygen atoms in total. The first-order valence-corrected chi connectivity index (χ1v) is 17.3. The maximum Gasteiger partial charge on any atom is 0.123 e. The molecule has 3 aliphatic carbocycles. The predicted octanol–water partition coefficient (Wildman–Crippen LogP) is 6.30. The van der Waals surface area contributed by atoms with E-state index in [2.05, 4.69) is 61.9 Å². The van der Waals surface area contributed by atoms with Gasteiger partial charge in [0.25, 0.3) is 0 Å². The largest absolute Gasteiger partial charge is 0.510 e. The lowest BCUT2D eigenvalue weighted by molar-refractivity contribution is -0.0178. The summed E-state index contributed by atoms with van der Waals surface area (Å²) in [4.78, 5) is 4.47. The molecule has 6 rings (SSSR count). The van der Waals surface area contributed by atoms with Gasteiger partial charge in [-0.2, -0.15) is 0 Å². The van der Waals surface area contributed by atoms with Crippen LogP contribution in [0.25, 0.3) is 16.7 Å². The molecule has 48 heavy (non-hydrogen) atoms. The van der Waals surface area contributed by atoms with Crippen LogP contribution in [0.15, 0.2) is 83.8 Å². The zero-order valence-corrected chi connectivity index (χ0v) is 29.4. The van der Waals surface area contributed by atoms with Gasteiger partial charge < -0.3 is 25.8 Å². The molecule has 0 saturated carbocycles. The predicted molar refractivity (Wildman–Crippen MR) is 194 cm³/mol. The van der Waals surface area contributed by atoms with E-state index in [1.54, 1.807) is 7.11 Å². The molecule has 7 heteroatoms. The summed E-state index contributed by atoms with van der Waals surface area (Å²) in [6.45, 7) is 20.2. The number of aliphatic hydroxyl groups excluding tert-OH is 2. The van der Waals surface area contributed by atoms with Crippen LogP contribution in [0.4, 0.5) is 0 Å². The molecule has 256 valence electrons. The number of allylic oxidation sites excluding steroid dienone is 3. The van der Waals surface area contributed by atoms with Crippen molar-refractivity contribution in [3.8, 4) is 16.9 Å². The minimum absolute atomic E-state index is 0.111. The van der Waals surface area contributed by atoms with Crippen LogP contribution in [0.3, 0.4) is 0 Å². The minimum atomic E-state index is -1.39. The van der Waals surface area contributed by atoms with Crippen molar-refractivity contribution in [1.82, 2.24) is 9.80 Å². The number of likely N-dealkylation sites (tertiary alicyclic amines) is 1. The molecule has 1 fully saturated rings. The van der Waals surface area contributed by atoms with E-state index in [1.807, 2.05) is 25.9 Å². The topological polar surface area (TPSA) is 102 Å². The second kappa shape index (κ2) is 13.0. The molecular weight excluding hydrogens is 598 g/mol. The number of aryl methyl sites for hydroxylation is 1. The molecule has 5 N–H and O–H groups in total. The third-order valence-corrected chi connectivity index (χ3v) is 11.8. The highest BCUT2D eigenvalue weighted by Crippen LogP contribution is 2.58. The fourth-order valence-electron chi connectivity index (χ4n) is 9.47. The highest BCUT2D eigenvalue weighted by atomic mass is 16.5. The Morgan fingerprint density at radius 3 is 2.46 bits per heavy atom. The number of methoxy groups -OCH3 is 1. The number of hydrogen-bond acceptors (Lipinski definition) is 7. The Balaban J connectivity index is 1.41. The molecular formula is C41H53N3O4.